The van der Waals surface area contributed by atoms with Crippen LogP contribution in [0.5, 0.6) is 0 Å². The number of ether oxygens (including phenoxy) is 1. The zero-order valence-electron chi connectivity index (χ0n) is 8.86. The molecule has 0 amide bonds. The third-order valence-electron chi connectivity index (χ3n) is 2.39. The Morgan fingerprint density at radius 2 is 1.87 bits per heavy atom. The minimum Gasteiger partial charge on any atom is -0.370 e. The number of nitrogens with one attached hydrogen (secondary N) is 1. The Bertz CT molecular complexity index is 439. The first-order chi connectivity index (χ1) is 7.40. The first-order valence-electron chi connectivity index (χ1n) is 5.07. The maximum atomic E-state index is 4.94. The number of methoxy groups -OCH3 is 1. The number of fused-ring (bicyclic) bond motifs is 1. The average molecular weight is 201 g/mol. The fourth-order valence-corrected chi connectivity index (χ4v) is 1.65. The van der Waals surface area contributed by atoms with Crippen molar-refractivity contribution >= 4 is 10.8 Å². The van der Waals surface area contributed by atoms with E-state index < -0.39 is 0 Å². The van der Waals surface area contributed by atoms with Gasteiger partial charge in [0.05, 0.1) is 6.73 Å². The molecule has 0 saturated carbocycles. The van der Waals surface area contributed by atoms with Crippen molar-refractivity contribution in [1.29, 1.82) is 0 Å². The van der Waals surface area contributed by atoms with Crippen LogP contribution in [0.2, 0.25) is 0 Å². The molecule has 2 rings (SSSR count). The van der Waals surface area contributed by atoms with Gasteiger partial charge in [-0.3, -0.25) is 5.32 Å². The van der Waals surface area contributed by atoms with Crippen LogP contribution in [-0.2, 0) is 11.3 Å². The first-order valence-corrected chi connectivity index (χ1v) is 5.07. The van der Waals surface area contributed by atoms with Crippen LogP contribution in [0.15, 0.2) is 42.5 Å². The summed E-state index contributed by atoms with van der Waals surface area (Å²) < 4.78 is 4.94. The maximum Gasteiger partial charge on any atom is 0.0964 e. The van der Waals surface area contributed by atoms with E-state index in [1.807, 2.05) is 0 Å². The van der Waals surface area contributed by atoms with Gasteiger partial charge in [-0.15, -0.1) is 0 Å². The largest absolute Gasteiger partial charge is 0.370 e. The SMILES string of the molecule is COCNCc1ccc2ccccc2c1. The summed E-state index contributed by atoms with van der Waals surface area (Å²) >= 11 is 0. The van der Waals surface area contributed by atoms with Crippen molar-refractivity contribution in [3.8, 4) is 0 Å². The van der Waals surface area contributed by atoms with Gasteiger partial charge in [-0.1, -0.05) is 36.4 Å². The van der Waals surface area contributed by atoms with E-state index >= 15 is 0 Å². The second-order valence-corrected chi connectivity index (χ2v) is 3.54. The molecular weight excluding hydrogens is 186 g/mol. The maximum absolute atomic E-state index is 4.94. The van der Waals surface area contributed by atoms with Gasteiger partial charge in [-0.2, -0.15) is 0 Å². The van der Waals surface area contributed by atoms with E-state index in [1.165, 1.54) is 16.3 Å². The molecule has 0 atom stereocenters. The topological polar surface area (TPSA) is 21.3 Å². The molecule has 0 spiro atoms. The summed E-state index contributed by atoms with van der Waals surface area (Å²) in [6, 6.07) is 14.9. The van der Waals surface area contributed by atoms with Gasteiger partial charge in [0.1, 0.15) is 0 Å². The molecular formula is C13H15NO. The summed E-state index contributed by atoms with van der Waals surface area (Å²) in [5.41, 5.74) is 1.28. The molecule has 0 aliphatic heterocycles. The highest BCUT2D eigenvalue weighted by atomic mass is 16.5. The molecule has 0 saturated heterocycles. The highest BCUT2D eigenvalue weighted by molar-refractivity contribution is 5.82. The van der Waals surface area contributed by atoms with Gasteiger partial charge >= 0.3 is 0 Å². The molecule has 0 heterocycles. The molecule has 2 aromatic carbocycles. The highest BCUT2D eigenvalue weighted by Crippen LogP contribution is 2.15. The molecule has 2 nitrogen and oxygen atoms in total. The van der Waals surface area contributed by atoms with Gasteiger partial charge in [0, 0.05) is 13.7 Å². The van der Waals surface area contributed by atoms with Crippen LogP contribution in [0, 0.1) is 0 Å². The van der Waals surface area contributed by atoms with Crippen LogP contribution >= 0.6 is 0 Å². The lowest BCUT2D eigenvalue weighted by molar-refractivity contribution is 0.174. The molecule has 0 aromatic heterocycles. The second-order valence-electron chi connectivity index (χ2n) is 3.54. The third kappa shape index (κ3) is 2.55. The Kier molecular flexibility index (Phi) is 3.33. The molecule has 2 aromatic rings. The fourth-order valence-electron chi connectivity index (χ4n) is 1.65. The van der Waals surface area contributed by atoms with Crippen molar-refractivity contribution in [3.63, 3.8) is 0 Å². The van der Waals surface area contributed by atoms with Gasteiger partial charge in [-0.05, 0) is 22.4 Å². The lowest BCUT2D eigenvalue weighted by Crippen LogP contribution is -2.15. The van der Waals surface area contributed by atoms with E-state index in [9.17, 15) is 0 Å². The minimum absolute atomic E-state index is 0.590. The van der Waals surface area contributed by atoms with Crippen molar-refractivity contribution in [2.24, 2.45) is 0 Å². The van der Waals surface area contributed by atoms with Crippen LogP contribution in [-0.4, -0.2) is 13.8 Å². The van der Waals surface area contributed by atoms with E-state index in [2.05, 4.69) is 47.8 Å². The highest BCUT2D eigenvalue weighted by Gasteiger charge is 1.95. The third-order valence-corrected chi connectivity index (χ3v) is 2.39. The van der Waals surface area contributed by atoms with E-state index in [0.29, 0.717) is 6.73 Å². The van der Waals surface area contributed by atoms with Crippen molar-refractivity contribution in [2.75, 3.05) is 13.8 Å². The summed E-state index contributed by atoms with van der Waals surface area (Å²) in [4.78, 5) is 0. The first kappa shape index (κ1) is 10.1. The molecule has 0 radical (unpaired) electrons. The molecule has 1 N–H and O–H groups in total. The number of rotatable bonds is 4. The van der Waals surface area contributed by atoms with Crippen LogP contribution < -0.4 is 5.32 Å². The monoisotopic (exact) mass is 201 g/mol. The predicted octanol–water partition coefficient (Wildman–Crippen LogP) is 2.53. The summed E-state index contributed by atoms with van der Waals surface area (Å²) in [6.45, 7) is 1.44. The van der Waals surface area contributed by atoms with Crippen LogP contribution in [0.3, 0.4) is 0 Å². The number of hydrogen-bond donors (Lipinski definition) is 1. The minimum atomic E-state index is 0.590. The quantitative estimate of drug-likeness (QED) is 0.606. The fraction of sp³-hybridized carbons (Fsp3) is 0.231. The molecule has 0 aliphatic carbocycles. The van der Waals surface area contributed by atoms with Gasteiger partial charge in [0.15, 0.2) is 0 Å². The second kappa shape index (κ2) is 4.91. The van der Waals surface area contributed by atoms with E-state index in [1.54, 1.807) is 7.11 Å². The van der Waals surface area contributed by atoms with Gasteiger partial charge in [-0.25, -0.2) is 0 Å². The average Bonchev–Trinajstić information content (AvgIpc) is 2.29. The Hall–Kier alpha value is -1.38. The molecule has 0 fully saturated rings. The zero-order valence-corrected chi connectivity index (χ0v) is 8.86. The number of hydrogen-bond acceptors (Lipinski definition) is 2. The van der Waals surface area contributed by atoms with Crippen LogP contribution in [0.1, 0.15) is 5.56 Å². The van der Waals surface area contributed by atoms with E-state index in [4.69, 9.17) is 4.74 Å². The van der Waals surface area contributed by atoms with Gasteiger partial charge < -0.3 is 4.74 Å². The molecule has 0 unspecified atom stereocenters. The summed E-state index contributed by atoms with van der Waals surface area (Å²) in [5.74, 6) is 0. The number of benzene rings is 2. The molecule has 0 aliphatic rings. The molecule has 15 heavy (non-hydrogen) atoms. The summed E-state index contributed by atoms with van der Waals surface area (Å²) in [5, 5.41) is 5.77. The standard InChI is InChI=1S/C13H15NO/c1-15-10-14-9-11-6-7-12-4-2-3-5-13(12)8-11/h2-8,14H,9-10H2,1H3. The molecule has 78 valence electrons. The Morgan fingerprint density at radius 1 is 1.07 bits per heavy atom. The Morgan fingerprint density at radius 3 is 2.67 bits per heavy atom. The van der Waals surface area contributed by atoms with Crippen LogP contribution in [0.4, 0.5) is 0 Å². The normalized spacial score (nSPS) is 10.7. The molecule has 2 heteroatoms. The van der Waals surface area contributed by atoms with Crippen molar-refractivity contribution in [2.45, 2.75) is 6.54 Å². The van der Waals surface area contributed by atoms with Crippen molar-refractivity contribution in [1.82, 2.24) is 5.32 Å². The van der Waals surface area contributed by atoms with Crippen LogP contribution in [0.25, 0.3) is 10.8 Å². The lowest BCUT2D eigenvalue weighted by Gasteiger charge is -2.05. The molecule has 0 bridgehead atoms. The van der Waals surface area contributed by atoms with E-state index in [0.717, 1.165) is 6.54 Å². The Balaban J connectivity index is 2.16. The zero-order chi connectivity index (χ0) is 10.5. The van der Waals surface area contributed by atoms with Gasteiger partial charge in [0.25, 0.3) is 0 Å². The summed E-state index contributed by atoms with van der Waals surface area (Å²) in [7, 11) is 1.69. The summed E-state index contributed by atoms with van der Waals surface area (Å²) in [6.07, 6.45) is 0. The van der Waals surface area contributed by atoms with Crippen molar-refractivity contribution < 1.29 is 4.74 Å². The predicted molar refractivity (Wildman–Crippen MR) is 62.7 cm³/mol. The van der Waals surface area contributed by atoms with Gasteiger partial charge in [0.2, 0.25) is 0 Å². The van der Waals surface area contributed by atoms with Crippen molar-refractivity contribution in [3.05, 3.63) is 48.0 Å². The smallest absolute Gasteiger partial charge is 0.0964 e. The van der Waals surface area contributed by atoms with E-state index in [-0.39, 0.29) is 0 Å². The lowest BCUT2D eigenvalue weighted by atomic mass is 10.1. The Labute approximate surface area is 89.9 Å².